The van der Waals surface area contributed by atoms with Crippen LogP contribution in [-0.2, 0) is 4.79 Å². The van der Waals surface area contributed by atoms with E-state index in [2.05, 4.69) is 0 Å². The molecule has 1 aromatic rings. The highest BCUT2D eigenvalue weighted by molar-refractivity contribution is 5.77. The zero-order valence-corrected chi connectivity index (χ0v) is 11.6. The Morgan fingerprint density at radius 3 is 2.52 bits per heavy atom. The second-order valence-corrected chi connectivity index (χ2v) is 4.50. The van der Waals surface area contributed by atoms with Gasteiger partial charge in [0.25, 0.3) is 5.91 Å². The van der Waals surface area contributed by atoms with Crippen molar-refractivity contribution in [2.24, 2.45) is 0 Å². The first-order valence-corrected chi connectivity index (χ1v) is 6.55. The summed E-state index contributed by atoms with van der Waals surface area (Å²) in [4.78, 5) is 12.5. The maximum Gasteiger partial charge on any atom is 0.406 e. The highest BCUT2D eigenvalue weighted by Gasteiger charge is 2.32. The molecule has 3 nitrogen and oxygen atoms in total. The summed E-state index contributed by atoms with van der Waals surface area (Å²) in [6.07, 6.45) is -3.35. The van der Waals surface area contributed by atoms with Crippen LogP contribution in [-0.4, -0.2) is 36.7 Å². The number of hydrogen-bond donors (Lipinski definition) is 0. The lowest BCUT2D eigenvalue weighted by atomic mass is 10.3. The standard InChI is InChI=1S/C14H17F4NO2/c1-2-3-8-19(10-14(16,17)18)13(20)9-21-12-7-5-4-6-11(12)15/h4-7H,2-3,8-10H2,1H3. The Morgan fingerprint density at radius 1 is 1.29 bits per heavy atom. The normalized spacial score (nSPS) is 11.3. The average molecular weight is 307 g/mol. The fourth-order valence-electron chi connectivity index (χ4n) is 1.65. The molecule has 21 heavy (non-hydrogen) atoms. The van der Waals surface area contributed by atoms with E-state index in [4.69, 9.17) is 4.74 Å². The molecule has 0 heterocycles. The van der Waals surface area contributed by atoms with E-state index in [1.54, 1.807) is 0 Å². The molecule has 0 spiro atoms. The van der Waals surface area contributed by atoms with Crippen LogP contribution in [0.25, 0.3) is 0 Å². The summed E-state index contributed by atoms with van der Waals surface area (Å²) >= 11 is 0. The Balaban J connectivity index is 2.61. The van der Waals surface area contributed by atoms with E-state index in [0.29, 0.717) is 17.7 Å². The molecular weight excluding hydrogens is 290 g/mol. The van der Waals surface area contributed by atoms with Gasteiger partial charge in [0, 0.05) is 6.54 Å². The number of ether oxygens (including phenoxy) is 1. The second-order valence-electron chi connectivity index (χ2n) is 4.50. The Bertz CT molecular complexity index is 463. The second kappa shape index (κ2) is 7.85. The molecule has 0 aliphatic carbocycles. The first-order valence-electron chi connectivity index (χ1n) is 6.55. The monoisotopic (exact) mass is 307 g/mol. The Labute approximate surface area is 120 Å². The van der Waals surface area contributed by atoms with Gasteiger partial charge in [-0.2, -0.15) is 13.2 Å². The largest absolute Gasteiger partial charge is 0.481 e. The molecular formula is C14H17F4NO2. The maximum absolute atomic E-state index is 13.3. The number of unbranched alkanes of at least 4 members (excludes halogenated alkanes) is 1. The number of rotatable bonds is 7. The summed E-state index contributed by atoms with van der Waals surface area (Å²) in [5, 5.41) is 0. The van der Waals surface area contributed by atoms with E-state index in [9.17, 15) is 22.4 Å². The highest BCUT2D eigenvalue weighted by atomic mass is 19.4. The molecule has 0 unspecified atom stereocenters. The molecule has 0 atom stereocenters. The van der Waals surface area contributed by atoms with Crippen molar-refractivity contribution >= 4 is 5.91 Å². The van der Waals surface area contributed by atoms with Gasteiger partial charge in [0.05, 0.1) is 0 Å². The van der Waals surface area contributed by atoms with Gasteiger partial charge >= 0.3 is 6.18 Å². The zero-order chi connectivity index (χ0) is 15.9. The minimum Gasteiger partial charge on any atom is -0.481 e. The number of halogens is 4. The Kier molecular flexibility index (Phi) is 6.45. The van der Waals surface area contributed by atoms with Crippen molar-refractivity contribution in [3.05, 3.63) is 30.1 Å². The van der Waals surface area contributed by atoms with Crippen molar-refractivity contribution in [3.63, 3.8) is 0 Å². The third-order valence-corrected chi connectivity index (χ3v) is 2.69. The summed E-state index contributed by atoms with van der Waals surface area (Å²) < 4.78 is 55.5. The van der Waals surface area contributed by atoms with E-state index in [1.165, 1.54) is 18.2 Å². The predicted octanol–water partition coefficient (Wildman–Crippen LogP) is 3.40. The number of alkyl halides is 3. The third-order valence-electron chi connectivity index (χ3n) is 2.69. The van der Waals surface area contributed by atoms with Crippen LogP contribution in [0.4, 0.5) is 17.6 Å². The number of nitrogens with zero attached hydrogens (tertiary/aromatic N) is 1. The van der Waals surface area contributed by atoms with Gasteiger partial charge in [0.15, 0.2) is 18.2 Å². The molecule has 0 aliphatic heterocycles. The predicted molar refractivity (Wildman–Crippen MR) is 69.4 cm³/mol. The van der Waals surface area contributed by atoms with Gasteiger partial charge < -0.3 is 9.64 Å². The minimum absolute atomic E-state index is 0.00449. The van der Waals surface area contributed by atoms with Crippen molar-refractivity contribution in [1.82, 2.24) is 4.90 Å². The SMILES string of the molecule is CCCCN(CC(F)(F)F)C(=O)COc1ccccc1F. The molecule has 7 heteroatoms. The Hall–Kier alpha value is -1.79. The van der Waals surface area contributed by atoms with Gasteiger partial charge in [-0.05, 0) is 18.6 Å². The third kappa shape index (κ3) is 6.46. The number of carbonyl (C=O) groups is 1. The lowest BCUT2D eigenvalue weighted by molar-refractivity contribution is -0.162. The molecule has 0 aromatic heterocycles. The molecule has 1 rings (SSSR count). The van der Waals surface area contributed by atoms with Crippen molar-refractivity contribution in [1.29, 1.82) is 0 Å². The number of carbonyl (C=O) groups excluding carboxylic acids is 1. The molecule has 0 radical (unpaired) electrons. The molecule has 0 saturated heterocycles. The fraction of sp³-hybridized carbons (Fsp3) is 0.500. The van der Waals surface area contributed by atoms with E-state index in [-0.39, 0.29) is 12.3 Å². The molecule has 0 N–H and O–H groups in total. The van der Waals surface area contributed by atoms with E-state index in [1.807, 2.05) is 6.92 Å². The lowest BCUT2D eigenvalue weighted by Crippen LogP contribution is -2.42. The van der Waals surface area contributed by atoms with Gasteiger partial charge in [-0.15, -0.1) is 0 Å². The molecule has 1 amide bonds. The zero-order valence-electron chi connectivity index (χ0n) is 11.6. The van der Waals surface area contributed by atoms with Crippen LogP contribution in [0.5, 0.6) is 5.75 Å². The Morgan fingerprint density at radius 2 is 1.95 bits per heavy atom. The molecule has 1 aromatic carbocycles. The van der Waals surface area contributed by atoms with Crippen LogP contribution in [0.2, 0.25) is 0 Å². The fourth-order valence-corrected chi connectivity index (χ4v) is 1.65. The molecule has 0 saturated carbocycles. The first-order chi connectivity index (χ1) is 9.83. The number of benzene rings is 1. The van der Waals surface area contributed by atoms with Crippen molar-refractivity contribution in [2.45, 2.75) is 25.9 Å². The van der Waals surface area contributed by atoms with E-state index >= 15 is 0 Å². The van der Waals surface area contributed by atoms with Crippen LogP contribution in [0.15, 0.2) is 24.3 Å². The van der Waals surface area contributed by atoms with Crippen molar-refractivity contribution < 1.29 is 27.1 Å². The lowest BCUT2D eigenvalue weighted by Gasteiger charge is -2.23. The van der Waals surface area contributed by atoms with E-state index in [0.717, 1.165) is 6.07 Å². The van der Waals surface area contributed by atoms with Gasteiger partial charge in [-0.25, -0.2) is 4.39 Å². The summed E-state index contributed by atoms with van der Waals surface area (Å²) in [6, 6.07) is 5.40. The average Bonchev–Trinajstić information content (AvgIpc) is 2.41. The maximum atomic E-state index is 13.3. The molecule has 0 bridgehead atoms. The van der Waals surface area contributed by atoms with Gasteiger partial charge in [-0.1, -0.05) is 25.5 Å². The summed E-state index contributed by atoms with van der Waals surface area (Å²) in [5.41, 5.74) is 0. The van der Waals surface area contributed by atoms with Crippen LogP contribution in [0, 0.1) is 5.82 Å². The summed E-state index contributed by atoms with van der Waals surface area (Å²) in [7, 11) is 0. The van der Waals surface area contributed by atoms with Crippen LogP contribution < -0.4 is 4.74 Å². The van der Waals surface area contributed by atoms with Crippen LogP contribution in [0.3, 0.4) is 0 Å². The van der Waals surface area contributed by atoms with Crippen LogP contribution in [0.1, 0.15) is 19.8 Å². The number of hydrogen-bond acceptors (Lipinski definition) is 2. The van der Waals surface area contributed by atoms with E-state index < -0.39 is 31.1 Å². The summed E-state index contributed by atoms with van der Waals surface area (Å²) in [5.74, 6) is -1.64. The van der Waals surface area contributed by atoms with Gasteiger partial charge in [0.2, 0.25) is 0 Å². The number of para-hydroxylation sites is 1. The first kappa shape index (κ1) is 17.3. The van der Waals surface area contributed by atoms with Crippen molar-refractivity contribution in [2.75, 3.05) is 19.7 Å². The molecule has 0 aliphatic rings. The molecule has 118 valence electrons. The van der Waals surface area contributed by atoms with Crippen molar-refractivity contribution in [3.8, 4) is 5.75 Å². The topological polar surface area (TPSA) is 29.5 Å². The number of amides is 1. The minimum atomic E-state index is -4.47. The highest BCUT2D eigenvalue weighted by Crippen LogP contribution is 2.18. The quantitative estimate of drug-likeness (QED) is 0.723. The smallest absolute Gasteiger partial charge is 0.406 e. The van der Waals surface area contributed by atoms with Gasteiger partial charge in [0.1, 0.15) is 6.54 Å². The van der Waals surface area contributed by atoms with Crippen LogP contribution >= 0.6 is 0 Å². The van der Waals surface area contributed by atoms with Gasteiger partial charge in [-0.3, -0.25) is 4.79 Å². The summed E-state index contributed by atoms with van der Waals surface area (Å²) in [6.45, 7) is -0.144. The molecule has 0 fully saturated rings.